The lowest BCUT2D eigenvalue weighted by atomic mass is 10.0. The van der Waals surface area contributed by atoms with Gasteiger partial charge in [-0.15, -0.1) is 11.3 Å². The van der Waals surface area contributed by atoms with Crippen LogP contribution in [0.3, 0.4) is 0 Å². The average Bonchev–Trinajstić information content (AvgIpc) is 2.36. The maximum atomic E-state index is 2.41. The molecule has 0 bridgehead atoms. The summed E-state index contributed by atoms with van der Waals surface area (Å²) in [5.74, 6) is 0. The van der Waals surface area contributed by atoms with E-state index in [1.54, 1.807) is 10.4 Å². The van der Waals surface area contributed by atoms with Crippen LogP contribution in [0.5, 0.6) is 0 Å². The highest BCUT2D eigenvalue weighted by Gasteiger charge is 2.18. The van der Waals surface area contributed by atoms with Crippen LogP contribution in [-0.4, -0.2) is 6.54 Å². The number of quaternary nitrogens is 1. The first-order valence-corrected chi connectivity index (χ1v) is 4.65. The zero-order chi connectivity index (χ0) is 6.97. The Morgan fingerprint density at radius 2 is 2.60 bits per heavy atom. The van der Waals surface area contributed by atoms with E-state index >= 15 is 0 Å². The molecule has 0 aromatic carbocycles. The molecule has 0 saturated heterocycles. The van der Waals surface area contributed by atoms with Crippen molar-refractivity contribution in [3.05, 3.63) is 21.9 Å². The normalized spacial score (nSPS) is 24.3. The third-order valence-electron chi connectivity index (χ3n) is 2.16. The molecule has 1 nitrogen and oxygen atoms in total. The molecular formula is C8H12NS+. The molecule has 0 radical (unpaired) electrons. The molecule has 0 unspecified atom stereocenters. The topological polar surface area (TPSA) is 16.6 Å². The lowest BCUT2D eigenvalue weighted by molar-refractivity contribution is -0.695. The fourth-order valence-electron chi connectivity index (χ4n) is 1.55. The highest BCUT2D eigenvalue weighted by atomic mass is 32.1. The fraction of sp³-hybridized carbons (Fsp3) is 0.500. The number of rotatable bonds is 0. The molecule has 10 heavy (non-hydrogen) atoms. The van der Waals surface area contributed by atoms with Crippen molar-refractivity contribution >= 4 is 11.3 Å². The summed E-state index contributed by atoms with van der Waals surface area (Å²) in [6.45, 7) is 3.55. The van der Waals surface area contributed by atoms with Gasteiger partial charge in [0.1, 0.15) is 6.04 Å². The maximum Gasteiger partial charge on any atom is 0.110 e. The van der Waals surface area contributed by atoms with E-state index in [4.69, 9.17) is 0 Å². The Morgan fingerprint density at radius 3 is 3.40 bits per heavy atom. The molecule has 1 atom stereocenters. The van der Waals surface area contributed by atoms with Crippen molar-refractivity contribution in [1.82, 2.24) is 0 Å². The van der Waals surface area contributed by atoms with Crippen LogP contribution in [0.25, 0.3) is 0 Å². The van der Waals surface area contributed by atoms with Gasteiger partial charge in [-0.3, -0.25) is 0 Å². The summed E-state index contributed by atoms with van der Waals surface area (Å²) in [6, 6.07) is 2.97. The first-order chi connectivity index (χ1) is 4.88. The lowest BCUT2D eigenvalue weighted by Crippen LogP contribution is -2.86. The highest BCUT2D eigenvalue weighted by Crippen LogP contribution is 2.23. The van der Waals surface area contributed by atoms with Gasteiger partial charge in [-0.05, 0) is 18.4 Å². The van der Waals surface area contributed by atoms with Gasteiger partial charge in [0.05, 0.1) is 6.54 Å². The monoisotopic (exact) mass is 154 g/mol. The van der Waals surface area contributed by atoms with E-state index < -0.39 is 0 Å². The molecular weight excluding hydrogens is 142 g/mol. The van der Waals surface area contributed by atoms with E-state index in [1.807, 2.05) is 11.3 Å². The number of hydrogen-bond donors (Lipinski definition) is 1. The van der Waals surface area contributed by atoms with Crippen molar-refractivity contribution in [3.8, 4) is 0 Å². The first kappa shape index (κ1) is 6.38. The van der Waals surface area contributed by atoms with E-state index in [0.29, 0.717) is 6.04 Å². The molecule has 1 aromatic heterocycles. The van der Waals surface area contributed by atoms with Crippen LogP contribution in [0.4, 0.5) is 0 Å². The Kier molecular flexibility index (Phi) is 1.51. The van der Waals surface area contributed by atoms with Crippen molar-refractivity contribution < 1.29 is 5.32 Å². The Bertz CT molecular complexity index is 229. The molecule has 2 heteroatoms. The summed E-state index contributed by atoms with van der Waals surface area (Å²) in [7, 11) is 0. The minimum absolute atomic E-state index is 0.704. The quantitative estimate of drug-likeness (QED) is 0.572. The van der Waals surface area contributed by atoms with Crippen molar-refractivity contribution in [1.29, 1.82) is 0 Å². The van der Waals surface area contributed by atoms with Gasteiger partial charge in [-0.25, -0.2) is 0 Å². The number of nitrogens with two attached hydrogens (primary N) is 1. The molecule has 0 amide bonds. The molecule has 0 spiro atoms. The second-order valence-electron chi connectivity index (χ2n) is 2.86. The van der Waals surface area contributed by atoms with Crippen molar-refractivity contribution in [2.24, 2.45) is 0 Å². The molecule has 0 aliphatic carbocycles. The number of fused-ring (bicyclic) bond motifs is 1. The summed E-state index contributed by atoms with van der Waals surface area (Å²) >= 11 is 1.91. The van der Waals surface area contributed by atoms with Crippen LogP contribution in [0.15, 0.2) is 11.4 Å². The average molecular weight is 154 g/mol. The largest absolute Gasteiger partial charge is 0.340 e. The van der Waals surface area contributed by atoms with E-state index in [0.717, 1.165) is 0 Å². The molecule has 2 heterocycles. The Morgan fingerprint density at radius 1 is 1.70 bits per heavy atom. The summed E-state index contributed by atoms with van der Waals surface area (Å²) < 4.78 is 0. The minimum atomic E-state index is 0.704. The molecule has 0 saturated carbocycles. The maximum absolute atomic E-state index is 2.41. The van der Waals surface area contributed by atoms with Crippen LogP contribution < -0.4 is 5.32 Å². The predicted octanol–water partition coefficient (Wildman–Crippen LogP) is 0.929. The van der Waals surface area contributed by atoms with Crippen LogP contribution in [0.2, 0.25) is 0 Å². The standard InChI is InChI=1S/C8H11NS/c1-6-7-3-5-10-8(7)2-4-9-6/h3,5-6,9H,2,4H2,1H3/p+1/t6-/m1/s1. The van der Waals surface area contributed by atoms with Gasteiger partial charge in [-0.1, -0.05) is 0 Å². The van der Waals surface area contributed by atoms with E-state index in [2.05, 4.69) is 23.7 Å². The molecule has 1 aromatic rings. The first-order valence-electron chi connectivity index (χ1n) is 3.77. The summed E-state index contributed by atoms with van der Waals surface area (Å²) in [6.07, 6.45) is 1.28. The highest BCUT2D eigenvalue weighted by molar-refractivity contribution is 7.10. The van der Waals surface area contributed by atoms with Crippen molar-refractivity contribution in [2.75, 3.05) is 6.54 Å². The van der Waals surface area contributed by atoms with Gasteiger partial charge in [0.2, 0.25) is 0 Å². The SMILES string of the molecule is C[C@H]1[NH2+]CCc2sccc21. The predicted molar refractivity (Wildman–Crippen MR) is 43.2 cm³/mol. The van der Waals surface area contributed by atoms with Crippen molar-refractivity contribution in [2.45, 2.75) is 19.4 Å². The van der Waals surface area contributed by atoms with Crippen LogP contribution in [0.1, 0.15) is 23.4 Å². The van der Waals surface area contributed by atoms with Gasteiger partial charge >= 0.3 is 0 Å². The van der Waals surface area contributed by atoms with Gasteiger partial charge in [0, 0.05) is 16.9 Å². The van der Waals surface area contributed by atoms with Gasteiger partial charge in [0.15, 0.2) is 0 Å². The Labute approximate surface area is 65.1 Å². The zero-order valence-corrected chi connectivity index (χ0v) is 6.95. The van der Waals surface area contributed by atoms with Gasteiger partial charge < -0.3 is 5.32 Å². The second-order valence-corrected chi connectivity index (χ2v) is 3.86. The van der Waals surface area contributed by atoms with E-state index in [-0.39, 0.29) is 0 Å². The third kappa shape index (κ3) is 0.879. The summed E-state index contributed by atoms with van der Waals surface area (Å²) in [5.41, 5.74) is 1.57. The molecule has 1 aliphatic rings. The van der Waals surface area contributed by atoms with Crippen LogP contribution in [0, 0.1) is 0 Å². The number of thiophene rings is 1. The molecule has 54 valence electrons. The van der Waals surface area contributed by atoms with Gasteiger partial charge in [0.25, 0.3) is 0 Å². The van der Waals surface area contributed by atoms with Gasteiger partial charge in [-0.2, -0.15) is 0 Å². The molecule has 0 fully saturated rings. The van der Waals surface area contributed by atoms with Crippen molar-refractivity contribution in [3.63, 3.8) is 0 Å². The summed E-state index contributed by atoms with van der Waals surface area (Å²) in [5, 5.41) is 4.62. The Hall–Kier alpha value is -0.340. The second kappa shape index (κ2) is 2.36. The molecule has 2 rings (SSSR count). The van der Waals surface area contributed by atoms with E-state index in [1.165, 1.54) is 13.0 Å². The fourth-order valence-corrected chi connectivity index (χ4v) is 2.56. The van der Waals surface area contributed by atoms with Crippen LogP contribution >= 0.6 is 11.3 Å². The lowest BCUT2D eigenvalue weighted by Gasteiger charge is -2.16. The molecule has 1 aliphatic heterocycles. The third-order valence-corrected chi connectivity index (χ3v) is 3.16. The van der Waals surface area contributed by atoms with E-state index in [9.17, 15) is 0 Å². The minimum Gasteiger partial charge on any atom is -0.340 e. The molecule has 2 N–H and O–H groups in total. The smallest absolute Gasteiger partial charge is 0.110 e. The number of hydrogen-bond acceptors (Lipinski definition) is 1. The summed E-state index contributed by atoms with van der Waals surface area (Å²) in [4.78, 5) is 1.61. The Balaban J connectivity index is 2.41. The van der Waals surface area contributed by atoms with Crippen LogP contribution in [-0.2, 0) is 6.42 Å². The zero-order valence-electron chi connectivity index (χ0n) is 6.13.